The lowest BCUT2D eigenvalue weighted by Crippen LogP contribution is -2.30. The minimum atomic E-state index is -2.78. The second-order valence-electron chi connectivity index (χ2n) is 7.13. The summed E-state index contributed by atoms with van der Waals surface area (Å²) in [5, 5.41) is 0. The van der Waals surface area contributed by atoms with Gasteiger partial charge in [0.2, 0.25) is 0 Å². The molecule has 1 atom stereocenters. The van der Waals surface area contributed by atoms with Gasteiger partial charge in [0.25, 0.3) is 0 Å². The lowest BCUT2D eigenvalue weighted by molar-refractivity contribution is 0.196. The van der Waals surface area contributed by atoms with Gasteiger partial charge in [-0.25, -0.2) is 8.42 Å². The summed E-state index contributed by atoms with van der Waals surface area (Å²) in [6, 6.07) is 0. The smallest absolute Gasteiger partial charge is 0.151 e. The Labute approximate surface area is 125 Å². The van der Waals surface area contributed by atoms with Gasteiger partial charge >= 0.3 is 0 Å². The Hall–Kier alpha value is -0.130. The van der Waals surface area contributed by atoms with E-state index in [9.17, 15) is 8.42 Å². The largest absolute Gasteiger partial charge is 0.330 e. The van der Waals surface area contributed by atoms with Crippen molar-refractivity contribution in [3.63, 3.8) is 0 Å². The van der Waals surface area contributed by atoms with Crippen LogP contribution in [0.25, 0.3) is 0 Å². The van der Waals surface area contributed by atoms with E-state index in [1.807, 2.05) is 0 Å². The molecule has 0 aromatic carbocycles. The number of hydrogen-bond donors (Lipinski definition) is 1. The van der Waals surface area contributed by atoms with Crippen molar-refractivity contribution in [1.82, 2.24) is 4.90 Å². The molecule has 5 heteroatoms. The lowest BCUT2D eigenvalue weighted by atomic mass is 9.76. The van der Waals surface area contributed by atoms with Crippen molar-refractivity contribution in [2.24, 2.45) is 17.1 Å². The monoisotopic (exact) mass is 304 g/mol. The van der Waals surface area contributed by atoms with Crippen molar-refractivity contribution >= 4 is 9.84 Å². The molecule has 1 fully saturated rings. The number of nitrogens with zero attached hydrogens (tertiary/aromatic N) is 1. The first-order chi connectivity index (χ1) is 9.24. The maximum Gasteiger partial charge on any atom is 0.151 e. The van der Waals surface area contributed by atoms with Gasteiger partial charge in [-0.05, 0) is 56.7 Å². The van der Waals surface area contributed by atoms with Crippen LogP contribution in [0.15, 0.2) is 0 Å². The van der Waals surface area contributed by atoms with E-state index in [1.165, 1.54) is 6.42 Å². The average Bonchev–Trinajstić information content (AvgIpc) is 2.48. The number of sulfone groups is 1. The Bertz CT molecular complexity index is 374. The Balaban J connectivity index is 2.35. The summed E-state index contributed by atoms with van der Waals surface area (Å²) >= 11 is 0. The predicted octanol–water partition coefficient (Wildman–Crippen LogP) is 1.90. The van der Waals surface area contributed by atoms with Crippen LogP contribution in [0.3, 0.4) is 0 Å². The molecule has 0 saturated carbocycles. The first-order valence-corrected chi connectivity index (χ1v) is 9.69. The molecule has 1 aliphatic rings. The average molecular weight is 305 g/mol. The van der Waals surface area contributed by atoms with E-state index in [0.717, 1.165) is 38.9 Å². The first kappa shape index (κ1) is 17.9. The third kappa shape index (κ3) is 6.55. The highest BCUT2D eigenvalue weighted by Gasteiger charge is 2.24. The van der Waals surface area contributed by atoms with Gasteiger partial charge in [0.15, 0.2) is 9.84 Å². The quantitative estimate of drug-likeness (QED) is 0.814. The SMILES string of the molecule is CC(C)(C)C(CCN)CCCN1CCCS(=O)(=O)CC1. The molecule has 0 aliphatic carbocycles. The fourth-order valence-corrected chi connectivity index (χ4v) is 4.30. The molecular weight excluding hydrogens is 272 g/mol. The summed E-state index contributed by atoms with van der Waals surface area (Å²) in [4.78, 5) is 2.31. The highest BCUT2D eigenvalue weighted by atomic mass is 32.2. The minimum absolute atomic E-state index is 0.307. The highest BCUT2D eigenvalue weighted by Crippen LogP contribution is 2.32. The topological polar surface area (TPSA) is 63.4 Å². The summed E-state index contributed by atoms with van der Waals surface area (Å²) in [7, 11) is -2.78. The van der Waals surface area contributed by atoms with E-state index in [-0.39, 0.29) is 0 Å². The Morgan fingerprint density at radius 2 is 1.85 bits per heavy atom. The summed E-state index contributed by atoms with van der Waals surface area (Å²) in [6.07, 6.45) is 4.19. The van der Waals surface area contributed by atoms with Crippen LogP contribution < -0.4 is 5.73 Å². The fourth-order valence-electron chi connectivity index (χ4n) is 2.99. The van der Waals surface area contributed by atoms with Crippen LogP contribution in [0.5, 0.6) is 0 Å². The number of hydrogen-bond acceptors (Lipinski definition) is 4. The van der Waals surface area contributed by atoms with Gasteiger partial charge in [0.1, 0.15) is 0 Å². The van der Waals surface area contributed by atoms with Gasteiger partial charge in [-0.3, -0.25) is 0 Å². The van der Waals surface area contributed by atoms with E-state index in [4.69, 9.17) is 5.73 Å². The first-order valence-electron chi connectivity index (χ1n) is 7.87. The normalized spacial score (nSPS) is 22.4. The lowest BCUT2D eigenvalue weighted by Gasteiger charge is -2.31. The van der Waals surface area contributed by atoms with Crippen LogP contribution in [0, 0.1) is 11.3 Å². The zero-order chi connectivity index (χ0) is 15.2. The molecule has 20 heavy (non-hydrogen) atoms. The van der Waals surface area contributed by atoms with Crippen LogP contribution >= 0.6 is 0 Å². The summed E-state index contributed by atoms with van der Waals surface area (Å²) in [5.74, 6) is 1.35. The highest BCUT2D eigenvalue weighted by molar-refractivity contribution is 7.91. The number of nitrogens with two attached hydrogens (primary N) is 1. The second-order valence-corrected chi connectivity index (χ2v) is 9.43. The molecule has 0 spiro atoms. The zero-order valence-electron chi connectivity index (χ0n) is 13.4. The molecule has 2 N–H and O–H groups in total. The van der Waals surface area contributed by atoms with Crippen LogP contribution in [0.2, 0.25) is 0 Å². The van der Waals surface area contributed by atoms with Crippen molar-refractivity contribution in [3.05, 3.63) is 0 Å². The van der Waals surface area contributed by atoms with Crippen LogP contribution in [0.1, 0.15) is 46.5 Å². The maximum absolute atomic E-state index is 11.6. The summed E-state index contributed by atoms with van der Waals surface area (Å²) in [6.45, 7) is 10.3. The van der Waals surface area contributed by atoms with E-state index in [0.29, 0.717) is 29.4 Å². The molecule has 1 heterocycles. The van der Waals surface area contributed by atoms with E-state index in [2.05, 4.69) is 25.7 Å². The molecule has 0 aromatic rings. The van der Waals surface area contributed by atoms with Gasteiger partial charge in [-0.1, -0.05) is 20.8 Å². The van der Waals surface area contributed by atoms with Gasteiger partial charge in [-0.2, -0.15) is 0 Å². The molecule has 120 valence electrons. The molecule has 0 radical (unpaired) electrons. The predicted molar refractivity (Wildman–Crippen MR) is 85.6 cm³/mol. The molecule has 1 rings (SSSR count). The van der Waals surface area contributed by atoms with E-state index in [1.54, 1.807) is 0 Å². The van der Waals surface area contributed by atoms with Crippen LogP contribution in [-0.2, 0) is 9.84 Å². The Morgan fingerprint density at radius 1 is 1.15 bits per heavy atom. The molecule has 0 bridgehead atoms. The second kappa shape index (κ2) is 7.76. The Morgan fingerprint density at radius 3 is 2.45 bits per heavy atom. The molecular formula is C15H32N2O2S. The van der Waals surface area contributed by atoms with Gasteiger partial charge < -0.3 is 10.6 Å². The van der Waals surface area contributed by atoms with Crippen molar-refractivity contribution < 1.29 is 8.42 Å². The third-order valence-electron chi connectivity index (χ3n) is 4.42. The molecule has 0 amide bonds. The van der Waals surface area contributed by atoms with Crippen LogP contribution in [0.4, 0.5) is 0 Å². The van der Waals surface area contributed by atoms with Crippen molar-refractivity contribution in [2.45, 2.75) is 46.5 Å². The molecule has 1 saturated heterocycles. The molecule has 4 nitrogen and oxygen atoms in total. The van der Waals surface area contributed by atoms with E-state index >= 15 is 0 Å². The van der Waals surface area contributed by atoms with Gasteiger partial charge in [0.05, 0.1) is 11.5 Å². The van der Waals surface area contributed by atoms with Crippen molar-refractivity contribution in [1.29, 1.82) is 0 Å². The fraction of sp³-hybridized carbons (Fsp3) is 1.00. The van der Waals surface area contributed by atoms with Gasteiger partial charge in [0, 0.05) is 6.54 Å². The summed E-state index contributed by atoms with van der Waals surface area (Å²) in [5.41, 5.74) is 6.02. The van der Waals surface area contributed by atoms with E-state index < -0.39 is 9.84 Å². The van der Waals surface area contributed by atoms with Gasteiger partial charge in [-0.15, -0.1) is 0 Å². The van der Waals surface area contributed by atoms with Crippen molar-refractivity contribution in [3.8, 4) is 0 Å². The summed E-state index contributed by atoms with van der Waals surface area (Å²) < 4.78 is 23.1. The molecule has 1 aliphatic heterocycles. The molecule has 1 unspecified atom stereocenters. The molecule has 0 aromatic heterocycles. The van der Waals surface area contributed by atoms with Crippen molar-refractivity contribution in [2.75, 3.05) is 37.7 Å². The number of rotatable bonds is 6. The van der Waals surface area contributed by atoms with Crippen LogP contribution in [-0.4, -0.2) is 51.0 Å². The Kier molecular flexibility index (Phi) is 6.95. The third-order valence-corrected chi connectivity index (χ3v) is 6.13. The zero-order valence-corrected chi connectivity index (χ0v) is 14.2. The maximum atomic E-state index is 11.6. The minimum Gasteiger partial charge on any atom is -0.330 e. The standard InChI is InChI=1S/C15H32N2O2S/c1-15(2,3)14(7-8-16)6-4-9-17-10-5-12-20(18,19)13-11-17/h14H,4-13,16H2,1-3H3.